The van der Waals surface area contributed by atoms with E-state index in [0.717, 1.165) is 42.8 Å². The highest BCUT2D eigenvalue weighted by Gasteiger charge is 2.12. The number of hydrogen-bond donors (Lipinski definition) is 1. The molecule has 0 radical (unpaired) electrons. The molecule has 0 aliphatic carbocycles. The minimum atomic E-state index is -0.671. The van der Waals surface area contributed by atoms with Crippen molar-refractivity contribution in [2.45, 2.75) is 30.7 Å². The van der Waals surface area contributed by atoms with Gasteiger partial charge in [0, 0.05) is 10.9 Å². The molecule has 1 atom stereocenters. The lowest BCUT2D eigenvalue weighted by molar-refractivity contribution is -0.146. The van der Waals surface area contributed by atoms with Gasteiger partial charge in [-0.05, 0) is 43.5 Å². The standard InChI is InChI=1S/C20H21F2NO3S/c1-14(7-8-15-5-3-2-4-6-15)23-19(24)12-26-20(25)13-27-18-11-16(21)9-10-17(18)22/h2-6,9-11,14H,7-8,12-13H2,1H3,(H,23,24)/t14-/m1/s1. The van der Waals surface area contributed by atoms with E-state index in [1.165, 1.54) is 5.56 Å². The maximum absolute atomic E-state index is 13.5. The molecule has 27 heavy (non-hydrogen) atoms. The van der Waals surface area contributed by atoms with Crippen LogP contribution in [0.1, 0.15) is 18.9 Å². The Bertz CT molecular complexity index is 771. The van der Waals surface area contributed by atoms with Gasteiger partial charge in [-0.3, -0.25) is 9.59 Å². The maximum Gasteiger partial charge on any atom is 0.316 e. The van der Waals surface area contributed by atoms with Crippen LogP contribution in [0.25, 0.3) is 0 Å². The van der Waals surface area contributed by atoms with Crippen molar-refractivity contribution in [2.75, 3.05) is 12.4 Å². The van der Waals surface area contributed by atoms with Gasteiger partial charge in [-0.2, -0.15) is 0 Å². The zero-order chi connectivity index (χ0) is 19.6. The van der Waals surface area contributed by atoms with Crippen LogP contribution in [0.4, 0.5) is 8.78 Å². The molecule has 1 amide bonds. The molecule has 0 aliphatic rings. The van der Waals surface area contributed by atoms with Gasteiger partial charge in [-0.15, -0.1) is 11.8 Å². The number of esters is 1. The first-order valence-electron chi connectivity index (χ1n) is 8.51. The Kier molecular flexibility index (Phi) is 8.26. The molecule has 7 heteroatoms. The molecule has 0 saturated heterocycles. The highest BCUT2D eigenvalue weighted by molar-refractivity contribution is 8.00. The highest BCUT2D eigenvalue weighted by Crippen LogP contribution is 2.22. The number of aryl methyl sites for hydroxylation is 1. The van der Waals surface area contributed by atoms with Gasteiger partial charge in [0.05, 0.1) is 5.75 Å². The van der Waals surface area contributed by atoms with Crippen LogP contribution in [0.5, 0.6) is 0 Å². The van der Waals surface area contributed by atoms with Crippen molar-refractivity contribution in [3.63, 3.8) is 0 Å². The molecule has 0 aliphatic heterocycles. The van der Waals surface area contributed by atoms with Gasteiger partial charge >= 0.3 is 5.97 Å². The summed E-state index contributed by atoms with van der Waals surface area (Å²) < 4.78 is 31.4. The van der Waals surface area contributed by atoms with Crippen LogP contribution in [0.15, 0.2) is 53.4 Å². The third-order valence-electron chi connectivity index (χ3n) is 3.72. The second-order valence-corrected chi connectivity index (χ2v) is 7.03. The molecular weight excluding hydrogens is 372 g/mol. The molecule has 2 rings (SSSR count). The number of hydrogen-bond acceptors (Lipinski definition) is 4. The largest absolute Gasteiger partial charge is 0.455 e. The predicted molar refractivity (Wildman–Crippen MR) is 100 cm³/mol. The van der Waals surface area contributed by atoms with E-state index in [0.29, 0.717) is 0 Å². The molecule has 0 fully saturated rings. The Morgan fingerprint density at radius 3 is 2.63 bits per heavy atom. The summed E-state index contributed by atoms with van der Waals surface area (Å²) in [6, 6.07) is 12.9. The molecule has 0 unspecified atom stereocenters. The molecular formula is C20H21F2NO3S. The Balaban J connectivity index is 1.65. The fraction of sp³-hybridized carbons (Fsp3) is 0.300. The summed E-state index contributed by atoms with van der Waals surface area (Å²) in [6.07, 6.45) is 1.59. The minimum Gasteiger partial charge on any atom is -0.455 e. The second kappa shape index (κ2) is 10.7. The summed E-state index contributed by atoms with van der Waals surface area (Å²) in [5.74, 6) is -2.48. The Labute approximate surface area is 161 Å². The van der Waals surface area contributed by atoms with E-state index in [9.17, 15) is 18.4 Å². The van der Waals surface area contributed by atoms with Gasteiger partial charge < -0.3 is 10.1 Å². The van der Waals surface area contributed by atoms with Crippen molar-refractivity contribution < 1.29 is 23.1 Å². The first kappa shape index (κ1) is 20.9. The minimum absolute atomic E-state index is 0.0194. The number of benzene rings is 2. The summed E-state index contributed by atoms with van der Waals surface area (Å²) in [6.45, 7) is 1.48. The predicted octanol–water partition coefficient (Wildman–Crippen LogP) is 3.74. The molecule has 0 saturated carbocycles. The average molecular weight is 393 g/mol. The SMILES string of the molecule is C[C@H](CCc1ccccc1)NC(=O)COC(=O)CSc1cc(F)ccc1F. The van der Waals surface area contributed by atoms with E-state index < -0.39 is 30.1 Å². The van der Waals surface area contributed by atoms with Crippen molar-refractivity contribution in [1.82, 2.24) is 5.32 Å². The Morgan fingerprint density at radius 1 is 1.15 bits per heavy atom. The van der Waals surface area contributed by atoms with Gasteiger partial charge in [0.2, 0.25) is 0 Å². The molecule has 2 aromatic carbocycles. The van der Waals surface area contributed by atoms with Crippen LogP contribution >= 0.6 is 11.8 Å². The molecule has 2 aromatic rings. The summed E-state index contributed by atoms with van der Waals surface area (Å²) in [5, 5.41) is 2.76. The number of rotatable bonds is 9. The average Bonchev–Trinajstić information content (AvgIpc) is 2.66. The van der Waals surface area contributed by atoms with E-state index >= 15 is 0 Å². The third-order valence-corrected chi connectivity index (χ3v) is 4.72. The topological polar surface area (TPSA) is 55.4 Å². The zero-order valence-electron chi connectivity index (χ0n) is 14.9. The van der Waals surface area contributed by atoms with E-state index in [1.807, 2.05) is 37.3 Å². The van der Waals surface area contributed by atoms with Gasteiger partial charge in [0.25, 0.3) is 5.91 Å². The van der Waals surface area contributed by atoms with Crippen LogP contribution in [-0.4, -0.2) is 30.3 Å². The van der Waals surface area contributed by atoms with Gasteiger partial charge in [0.1, 0.15) is 11.6 Å². The van der Waals surface area contributed by atoms with Crippen LogP contribution < -0.4 is 5.32 Å². The number of amides is 1. The maximum atomic E-state index is 13.5. The monoisotopic (exact) mass is 393 g/mol. The smallest absolute Gasteiger partial charge is 0.316 e. The van der Waals surface area contributed by atoms with Crippen molar-refractivity contribution >= 4 is 23.6 Å². The second-order valence-electron chi connectivity index (χ2n) is 6.02. The lowest BCUT2D eigenvalue weighted by Gasteiger charge is -2.14. The lowest BCUT2D eigenvalue weighted by atomic mass is 10.1. The number of halogens is 2. The first-order valence-corrected chi connectivity index (χ1v) is 9.49. The van der Waals surface area contributed by atoms with E-state index in [4.69, 9.17) is 4.74 Å². The molecule has 0 heterocycles. The van der Waals surface area contributed by atoms with Crippen LogP contribution in [0.3, 0.4) is 0 Å². The van der Waals surface area contributed by atoms with Crippen LogP contribution in [-0.2, 0) is 20.7 Å². The summed E-state index contributed by atoms with van der Waals surface area (Å²) in [5.41, 5.74) is 1.19. The number of carbonyl (C=O) groups excluding carboxylic acids is 2. The van der Waals surface area contributed by atoms with Crippen molar-refractivity contribution in [3.05, 3.63) is 65.7 Å². The molecule has 144 valence electrons. The molecule has 0 bridgehead atoms. The summed E-state index contributed by atoms with van der Waals surface area (Å²) in [4.78, 5) is 23.5. The van der Waals surface area contributed by atoms with Crippen molar-refractivity contribution in [3.8, 4) is 0 Å². The molecule has 0 spiro atoms. The van der Waals surface area contributed by atoms with E-state index in [1.54, 1.807) is 0 Å². The number of carbonyl (C=O) groups is 2. The van der Waals surface area contributed by atoms with Gasteiger partial charge in [-0.1, -0.05) is 30.3 Å². The quantitative estimate of drug-likeness (QED) is 0.521. The zero-order valence-corrected chi connectivity index (χ0v) is 15.7. The lowest BCUT2D eigenvalue weighted by Crippen LogP contribution is -2.36. The molecule has 1 N–H and O–H groups in total. The fourth-order valence-electron chi connectivity index (χ4n) is 2.33. The number of nitrogens with one attached hydrogen (secondary N) is 1. The summed E-state index contributed by atoms with van der Waals surface area (Å²) in [7, 11) is 0. The Hall–Kier alpha value is -2.41. The third kappa shape index (κ3) is 7.78. The van der Waals surface area contributed by atoms with E-state index in [-0.39, 0.29) is 16.7 Å². The highest BCUT2D eigenvalue weighted by atomic mass is 32.2. The van der Waals surface area contributed by atoms with Gasteiger partial charge in [0.15, 0.2) is 6.61 Å². The van der Waals surface area contributed by atoms with Crippen molar-refractivity contribution in [2.24, 2.45) is 0 Å². The fourth-order valence-corrected chi connectivity index (χ4v) is 3.09. The summed E-state index contributed by atoms with van der Waals surface area (Å²) >= 11 is 0.819. The first-order chi connectivity index (χ1) is 12.9. The van der Waals surface area contributed by atoms with Gasteiger partial charge in [-0.25, -0.2) is 8.78 Å². The Morgan fingerprint density at radius 2 is 1.89 bits per heavy atom. The number of ether oxygens (including phenoxy) is 1. The van der Waals surface area contributed by atoms with Crippen molar-refractivity contribution in [1.29, 1.82) is 0 Å². The molecule has 0 aromatic heterocycles. The van der Waals surface area contributed by atoms with Crippen LogP contribution in [0.2, 0.25) is 0 Å². The number of thioether (sulfide) groups is 1. The van der Waals surface area contributed by atoms with E-state index in [2.05, 4.69) is 5.32 Å². The normalized spacial score (nSPS) is 11.7. The van der Waals surface area contributed by atoms with Crippen LogP contribution in [0, 0.1) is 11.6 Å². The molecule has 4 nitrogen and oxygen atoms in total.